The van der Waals surface area contributed by atoms with Gasteiger partial charge in [0.2, 0.25) is 5.91 Å². The van der Waals surface area contributed by atoms with E-state index in [1.54, 1.807) is 12.1 Å². The molecule has 0 aliphatic rings. The molecule has 1 rings (SSSR count). The Balaban J connectivity index is 3.17. The number of nitrogens with one attached hydrogen (secondary N) is 1. The number of ether oxygens (including phenoxy) is 1. The molecule has 0 saturated carbocycles. The van der Waals surface area contributed by atoms with Crippen molar-refractivity contribution in [3.8, 4) is 5.75 Å². The Labute approximate surface area is 117 Å². The van der Waals surface area contributed by atoms with Crippen LogP contribution in [0.1, 0.15) is 6.92 Å². The Morgan fingerprint density at radius 1 is 1.58 bits per heavy atom. The second-order valence-electron chi connectivity index (χ2n) is 3.57. The number of rotatable bonds is 6. The van der Waals surface area contributed by atoms with E-state index in [-0.39, 0.29) is 12.5 Å². The van der Waals surface area contributed by atoms with E-state index in [9.17, 15) is 9.00 Å². The van der Waals surface area contributed by atoms with Crippen LogP contribution in [0, 0.1) is 0 Å². The first-order valence-electron chi connectivity index (χ1n) is 5.36. The zero-order chi connectivity index (χ0) is 14.5. The minimum Gasteiger partial charge on any atom is -0.495 e. The number of carbonyl (C=O) groups is 1. The third kappa shape index (κ3) is 4.30. The molecule has 1 amide bonds. The first kappa shape index (κ1) is 15.6. The van der Waals surface area contributed by atoms with Gasteiger partial charge < -0.3 is 10.1 Å². The van der Waals surface area contributed by atoms with E-state index in [2.05, 4.69) is 11.9 Å². The van der Waals surface area contributed by atoms with Crippen molar-refractivity contribution in [1.82, 2.24) is 0 Å². The van der Waals surface area contributed by atoms with Crippen LogP contribution in [-0.4, -0.2) is 23.8 Å². The maximum Gasteiger partial charge on any atom is 0.221 e. The number of benzene rings is 1. The summed E-state index contributed by atoms with van der Waals surface area (Å²) >= 11 is 4.93. The molecule has 19 heavy (non-hydrogen) atoms. The van der Waals surface area contributed by atoms with Gasteiger partial charge >= 0.3 is 0 Å². The predicted octanol–water partition coefficient (Wildman–Crippen LogP) is 1.88. The minimum atomic E-state index is -3.05. The Morgan fingerprint density at radius 3 is 2.79 bits per heavy atom. The van der Waals surface area contributed by atoms with Crippen LogP contribution < -0.4 is 10.1 Å². The lowest BCUT2D eigenvalue weighted by Crippen LogP contribution is -2.10. The lowest BCUT2D eigenvalue weighted by atomic mass is 10.3. The molecule has 104 valence electrons. The van der Waals surface area contributed by atoms with Gasteiger partial charge in [0, 0.05) is 18.1 Å². The fraction of sp³-hybridized carbons (Fsp3) is 0.250. The summed E-state index contributed by atoms with van der Waals surface area (Å²) < 4.78 is 22.3. The quantitative estimate of drug-likeness (QED) is 0.813. The lowest BCUT2D eigenvalue weighted by Gasteiger charge is -2.12. The van der Waals surface area contributed by atoms with Gasteiger partial charge in [0.05, 0.1) is 24.3 Å². The number of methoxy groups -OCH3 is 1. The normalized spacial score (nSPS) is 13.4. The summed E-state index contributed by atoms with van der Waals surface area (Å²) in [6, 6.07) is 4.60. The predicted molar refractivity (Wildman–Crippen MR) is 77.2 cm³/mol. The Bertz CT molecular complexity index is 581. The van der Waals surface area contributed by atoms with Gasteiger partial charge in [-0.15, -0.1) is 6.58 Å². The number of amides is 1. The van der Waals surface area contributed by atoms with Crippen LogP contribution in [0.15, 0.2) is 35.7 Å². The molecular formula is C12H15NO4S2. The van der Waals surface area contributed by atoms with E-state index in [1.807, 2.05) is 0 Å². The van der Waals surface area contributed by atoms with Crippen molar-refractivity contribution in [2.24, 2.45) is 0 Å². The van der Waals surface area contributed by atoms with Crippen LogP contribution in [0.2, 0.25) is 0 Å². The summed E-state index contributed by atoms with van der Waals surface area (Å²) in [6.45, 7) is 4.92. The second kappa shape index (κ2) is 6.65. The zero-order valence-corrected chi connectivity index (χ0v) is 12.3. The van der Waals surface area contributed by atoms with Gasteiger partial charge in [-0.1, -0.05) is 6.08 Å². The van der Waals surface area contributed by atoms with E-state index < -0.39 is 8.77 Å². The molecule has 7 heteroatoms. The van der Waals surface area contributed by atoms with Crippen molar-refractivity contribution < 1.29 is 17.9 Å². The zero-order valence-electron chi connectivity index (χ0n) is 10.7. The van der Waals surface area contributed by atoms with Crippen LogP contribution in [0.25, 0.3) is 0 Å². The van der Waals surface area contributed by atoms with Crippen molar-refractivity contribution in [2.75, 3.05) is 19.0 Å². The molecule has 0 heterocycles. The third-order valence-electron chi connectivity index (χ3n) is 2.11. The number of carbonyl (C=O) groups excluding carboxylic acids is 1. The smallest absolute Gasteiger partial charge is 0.221 e. The van der Waals surface area contributed by atoms with Crippen LogP contribution in [0.5, 0.6) is 5.75 Å². The van der Waals surface area contributed by atoms with Crippen molar-refractivity contribution in [1.29, 1.82) is 0 Å². The fourth-order valence-corrected chi connectivity index (χ4v) is 2.72. The first-order chi connectivity index (χ1) is 8.90. The van der Waals surface area contributed by atoms with E-state index in [1.165, 1.54) is 26.2 Å². The summed E-state index contributed by atoms with van der Waals surface area (Å²) in [4.78, 5) is 11.4. The SMILES string of the molecule is C=CCOS(=O)(=S)c1ccc(OC)c(NC(C)=O)c1. The molecule has 0 aromatic heterocycles. The van der Waals surface area contributed by atoms with Gasteiger partial charge in [-0.25, -0.2) is 4.21 Å². The van der Waals surface area contributed by atoms with E-state index in [0.29, 0.717) is 16.3 Å². The fourth-order valence-electron chi connectivity index (χ4n) is 1.34. The highest BCUT2D eigenvalue weighted by atomic mass is 32.8. The van der Waals surface area contributed by atoms with Gasteiger partial charge in [-0.2, -0.15) is 0 Å². The summed E-state index contributed by atoms with van der Waals surface area (Å²) in [5, 5.41) is 2.58. The lowest BCUT2D eigenvalue weighted by molar-refractivity contribution is -0.114. The molecule has 0 bridgehead atoms. The van der Waals surface area contributed by atoms with Gasteiger partial charge in [-0.3, -0.25) is 8.98 Å². The van der Waals surface area contributed by atoms with E-state index in [0.717, 1.165) is 0 Å². The molecule has 1 atom stereocenters. The average Bonchev–Trinajstić information content (AvgIpc) is 2.35. The summed E-state index contributed by atoms with van der Waals surface area (Å²) in [5.41, 5.74) is 0.396. The topological polar surface area (TPSA) is 64.6 Å². The largest absolute Gasteiger partial charge is 0.495 e. The Morgan fingerprint density at radius 2 is 2.26 bits per heavy atom. The Hall–Kier alpha value is -1.44. The number of anilines is 1. The summed E-state index contributed by atoms with van der Waals surface area (Å²) in [5.74, 6) is 0.186. The molecule has 5 nitrogen and oxygen atoms in total. The van der Waals surface area contributed by atoms with Gasteiger partial charge in [0.1, 0.15) is 5.75 Å². The van der Waals surface area contributed by atoms with Crippen LogP contribution in [-0.2, 0) is 28.9 Å². The first-order valence-corrected chi connectivity index (χ1v) is 7.77. The third-order valence-corrected chi connectivity index (χ3v) is 4.26. The van der Waals surface area contributed by atoms with E-state index in [4.69, 9.17) is 20.1 Å². The highest BCUT2D eigenvalue weighted by molar-refractivity contribution is 8.30. The number of hydrogen-bond donors (Lipinski definition) is 1. The summed E-state index contributed by atoms with van der Waals surface area (Å²) in [7, 11) is -1.58. The van der Waals surface area contributed by atoms with Crippen molar-refractivity contribution in [3.63, 3.8) is 0 Å². The molecule has 0 saturated heterocycles. The van der Waals surface area contributed by atoms with E-state index >= 15 is 0 Å². The van der Waals surface area contributed by atoms with Gasteiger partial charge in [-0.05, 0) is 18.2 Å². The van der Waals surface area contributed by atoms with Gasteiger partial charge in [0.25, 0.3) is 0 Å². The Kier molecular flexibility index (Phi) is 5.46. The van der Waals surface area contributed by atoms with Crippen LogP contribution >= 0.6 is 0 Å². The monoisotopic (exact) mass is 301 g/mol. The molecule has 1 aromatic rings. The second-order valence-corrected chi connectivity index (χ2v) is 6.50. The average molecular weight is 301 g/mol. The molecule has 0 fully saturated rings. The molecule has 1 N–H and O–H groups in total. The molecular weight excluding hydrogens is 286 g/mol. The molecule has 0 spiro atoms. The maximum atomic E-state index is 12.2. The highest BCUT2D eigenvalue weighted by Crippen LogP contribution is 2.28. The van der Waals surface area contributed by atoms with Crippen molar-refractivity contribution in [3.05, 3.63) is 30.9 Å². The molecule has 1 aromatic carbocycles. The maximum absolute atomic E-state index is 12.2. The highest BCUT2D eigenvalue weighted by Gasteiger charge is 2.14. The van der Waals surface area contributed by atoms with Crippen LogP contribution in [0.3, 0.4) is 0 Å². The van der Waals surface area contributed by atoms with Crippen molar-refractivity contribution in [2.45, 2.75) is 11.8 Å². The van der Waals surface area contributed by atoms with Crippen molar-refractivity contribution >= 4 is 31.6 Å². The minimum absolute atomic E-state index is 0.0871. The molecule has 1 unspecified atom stereocenters. The summed E-state index contributed by atoms with van der Waals surface area (Å²) in [6.07, 6.45) is 1.46. The van der Waals surface area contributed by atoms with Crippen LogP contribution in [0.4, 0.5) is 5.69 Å². The molecule has 0 aliphatic carbocycles. The molecule has 0 aliphatic heterocycles. The number of hydrogen-bond acceptors (Lipinski definition) is 5. The standard InChI is InChI=1S/C12H15NO4S2/c1-4-7-17-19(15,18)10-5-6-12(16-3)11(8-10)13-9(2)14/h4-6,8H,1,7H2,2-3H3,(H,13,14). The molecule has 0 radical (unpaired) electrons. The van der Waals surface area contributed by atoms with Gasteiger partial charge in [0.15, 0.2) is 8.77 Å².